The van der Waals surface area contributed by atoms with E-state index in [1.165, 1.54) is 0 Å². The molecule has 1 aromatic rings. The lowest BCUT2D eigenvalue weighted by Crippen LogP contribution is -2.29. The average molecular weight is 292 g/mol. The third-order valence-corrected chi connectivity index (χ3v) is 2.78. The summed E-state index contributed by atoms with van der Waals surface area (Å²) < 4.78 is 10.3. The fourth-order valence-corrected chi connectivity index (χ4v) is 1.98. The molecule has 0 aliphatic heterocycles. The number of hydrogen-bond acceptors (Lipinski definition) is 4. The van der Waals surface area contributed by atoms with E-state index in [9.17, 15) is 9.59 Å². The van der Waals surface area contributed by atoms with Crippen LogP contribution in [-0.4, -0.2) is 24.1 Å². The molecule has 0 spiro atoms. The highest BCUT2D eigenvalue weighted by molar-refractivity contribution is 5.80. The Bertz CT molecular complexity index is 459. The molecule has 0 fully saturated rings. The maximum absolute atomic E-state index is 12.0. The smallest absolute Gasteiger partial charge is 0.309 e. The molecule has 0 radical (unpaired) electrons. The summed E-state index contributed by atoms with van der Waals surface area (Å²) in [5, 5.41) is 0. The first-order valence-electron chi connectivity index (χ1n) is 7.24. The molecule has 0 amide bonds. The largest absolute Gasteiger partial charge is 0.466 e. The van der Waals surface area contributed by atoms with Crippen LogP contribution in [-0.2, 0) is 25.5 Å². The van der Waals surface area contributed by atoms with Gasteiger partial charge in [-0.05, 0) is 39.7 Å². The van der Waals surface area contributed by atoms with Crippen LogP contribution in [0.15, 0.2) is 30.3 Å². The molecule has 21 heavy (non-hydrogen) atoms. The van der Waals surface area contributed by atoms with Crippen molar-refractivity contribution in [1.29, 1.82) is 0 Å². The minimum atomic E-state index is -0.553. The van der Waals surface area contributed by atoms with Gasteiger partial charge in [-0.15, -0.1) is 0 Å². The summed E-state index contributed by atoms with van der Waals surface area (Å²) in [6.45, 7) is 7.48. The minimum Gasteiger partial charge on any atom is -0.466 e. The van der Waals surface area contributed by atoms with E-state index < -0.39 is 11.5 Å². The zero-order valence-corrected chi connectivity index (χ0v) is 13.2. The molecule has 1 aromatic carbocycles. The summed E-state index contributed by atoms with van der Waals surface area (Å²) in [7, 11) is 0. The standard InChI is InChI=1S/C17H24O4/c1-5-20-16(19)14(11-13-9-7-6-8-10-13)12-15(18)21-17(2,3)4/h6-10,14H,5,11-12H2,1-4H3. The maximum atomic E-state index is 12.0. The third kappa shape index (κ3) is 6.93. The topological polar surface area (TPSA) is 52.6 Å². The fourth-order valence-electron chi connectivity index (χ4n) is 1.98. The Morgan fingerprint density at radius 3 is 2.29 bits per heavy atom. The van der Waals surface area contributed by atoms with Gasteiger partial charge in [0.1, 0.15) is 5.60 Å². The lowest BCUT2D eigenvalue weighted by Gasteiger charge is -2.21. The van der Waals surface area contributed by atoms with Gasteiger partial charge in [-0.2, -0.15) is 0 Å². The summed E-state index contributed by atoms with van der Waals surface area (Å²) in [6, 6.07) is 9.59. The normalized spacial score (nSPS) is 12.6. The maximum Gasteiger partial charge on any atom is 0.309 e. The van der Waals surface area contributed by atoms with Gasteiger partial charge < -0.3 is 9.47 Å². The van der Waals surface area contributed by atoms with E-state index in [1.54, 1.807) is 6.92 Å². The van der Waals surface area contributed by atoms with Gasteiger partial charge in [-0.3, -0.25) is 9.59 Å². The predicted molar refractivity (Wildman–Crippen MR) is 80.7 cm³/mol. The summed E-state index contributed by atoms with van der Waals surface area (Å²) in [5.41, 5.74) is 0.447. The molecule has 1 unspecified atom stereocenters. The van der Waals surface area contributed by atoms with Crippen molar-refractivity contribution in [2.45, 2.75) is 46.1 Å². The van der Waals surface area contributed by atoms with Crippen molar-refractivity contribution in [1.82, 2.24) is 0 Å². The summed E-state index contributed by atoms with van der Waals surface area (Å²) >= 11 is 0. The van der Waals surface area contributed by atoms with Crippen LogP contribution in [0.3, 0.4) is 0 Å². The Labute approximate surface area is 126 Å². The summed E-state index contributed by atoms with van der Waals surface area (Å²) in [6.07, 6.45) is 0.504. The van der Waals surface area contributed by atoms with Crippen LogP contribution in [0.5, 0.6) is 0 Å². The molecule has 116 valence electrons. The molecule has 0 N–H and O–H groups in total. The molecule has 4 nitrogen and oxygen atoms in total. The van der Waals surface area contributed by atoms with Gasteiger partial charge in [0.15, 0.2) is 0 Å². The molecule has 0 heterocycles. The number of benzene rings is 1. The Morgan fingerprint density at radius 1 is 1.14 bits per heavy atom. The van der Waals surface area contributed by atoms with Gasteiger partial charge in [-0.25, -0.2) is 0 Å². The van der Waals surface area contributed by atoms with Crippen molar-refractivity contribution < 1.29 is 19.1 Å². The molecule has 0 saturated heterocycles. The van der Waals surface area contributed by atoms with Gasteiger partial charge in [0.25, 0.3) is 0 Å². The van der Waals surface area contributed by atoms with E-state index >= 15 is 0 Å². The average Bonchev–Trinajstić information content (AvgIpc) is 2.37. The highest BCUT2D eigenvalue weighted by Gasteiger charge is 2.26. The van der Waals surface area contributed by atoms with E-state index in [2.05, 4.69) is 0 Å². The molecule has 0 saturated carbocycles. The van der Waals surface area contributed by atoms with Gasteiger partial charge >= 0.3 is 11.9 Å². The van der Waals surface area contributed by atoms with E-state index in [-0.39, 0.29) is 18.4 Å². The van der Waals surface area contributed by atoms with Crippen LogP contribution in [0, 0.1) is 5.92 Å². The van der Waals surface area contributed by atoms with E-state index in [0.717, 1.165) is 5.56 Å². The van der Waals surface area contributed by atoms with Gasteiger partial charge in [-0.1, -0.05) is 30.3 Å². The van der Waals surface area contributed by atoms with Gasteiger partial charge in [0.05, 0.1) is 18.9 Å². The second-order valence-corrected chi connectivity index (χ2v) is 5.93. The van der Waals surface area contributed by atoms with Crippen LogP contribution < -0.4 is 0 Å². The van der Waals surface area contributed by atoms with Gasteiger partial charge in [0, 0.05) is 0 Å². The van der Waals surface area contributed by atoms with Crippen LogP contribution in [0.1, 0.15) is 39.7 Å². The van der Waals surface area contributed by atoms with Crippen LogP contribution in [0.4, 0.5) is 0 Å². The van der Waals surface area contributed by atoms with Crippen molar-refractivity contribution in [3.8, 4) is 0 Å². The van der Waals surface area contributed by atoms with Crippen molar-refractivity contribution in [3.05, 3.63) is 35.9 Å². The molecular weight excluding hydrogens is 268 g/mol. The third-order valence-electron chi connectivity index (χ3n) is 2.78. The number of ether oxygens (including phenoxy) is 2. The van der Waals surface area contributed by atoms with Crippen molar-refractivity contribution >= 4 is 11.9 Å². The second kappa shape index (κ2) is 7.81. The lowest BCUT2D eigenvalue weighted by molar-refractivity contribution is -0.161. The SMILES string of the molecule is CCOC(=O)C(CC(=O)OC(C)(C)C)Cc1ccccc1. The highest BCUT2D eigenvalue weighted by Crippen LogP contribution is 2.17. The lowest BCUT2D eigenvalue weighted by atomic mass is 9.96. The number of carbonyl (C=O) groups is 2. The van der Waals surface area contributed by atoms with E-state index in [4.69, 9.17) is 9.47 Å². The molecule has 0 aromatic heterocycles. The predicted octanol–water partition coefficient (Wildman–Crippen LogP) is 3.14. The molecular formula is C17H24O4. The fraction of sp³-hybridized carbons (Fsp3) is 0.529. The highest BCUT2D eigenvalue weighted by atomic mass is 16.6. The Balaban J connectivity index is 2.73. The van der Waals surface area contributed by atoms with Crippen molar-refractivity contribution in [3.63, 3.8) is 0 Å². The van der Waals surface area contributed by atoms with Crippen LogP contribution >= 0.6 is 0 Å². The summed E-state index contributed by atoms with van der Waals surface area (Å²) in [5.74, 6) is -1.24. The van der Waals surface area contributed by atoms with Crippen LogP contribution in [0.2, 0.25) is 0 Å². The zero-order valence-electron chi connectivity index (χ0n) is 13.2. The molecule has 1 atom stereocenters. The number of esters is 2. The molecule has 1 rings (SSSR count). The number of rotatable bonds is 6. The summed E-state index contributed by atoms with van der Waals surface area (Å²) in [4.78, 5) is 24.0. The molecule has 0 aliphatic carbocycles. The quantitative estimate of drug-likeness (QED) is 0.756. The first-order chi connectivity index (χ1) is 9.81. The number of hydrogen-bond donors (Lipinski definition) is 0. The number of carbonyl (C=O) groups excluding carboxylic acids is 2. The van der Waals surface area contributed by atoms with Crippen LogP contribution in [0.25, 0.3) is 0 Å². The molecule has 4 heteroatoms. The first-order valence-corrected chi connectivity index (χ1v) is 7.24. The minimum absolute atomic E-state index is 0.0327. The van der Waals surface area contributed by atoms with E-state index in [1.807, 2.05) is 51.1 Å². The van der Waals surface area contributed by atoms with Crippen molar-refractivity contribution in [2.24, 2.45) is 5.92 Å². The van der Waals surface area contributed by atoms with E-state index in [0.29, 0.717) is 13.0 Å². The molecule has 0 aliphatic rings. The Morgan fingerprint density at radius 2 is 1.76 bits per heavy atom. The molecule has 0 bridgehead atoms. The van der Waals surface area contributed by atoms with Gasteiger partial charge in [0.2, 0.25) is 0 Å². The zero-order chi connectivity index (χ0) is 15.9. The second-order valence-electron chi connectivity index (χ2n) is 5.93. The monoisotopic (exact) mass is 292 g/mol. The Hall–Kier alpha value is -1.84. The van der Waals surface area contributed by atoms with Crippen molar-refractivity contribution in [2.75, 3.05) is 6.61 Å². The Kier molecular flexibility index (Phi) is 6.40. The first kappa shape index (κ1) is 17.2.